The molecule has 9 aromatic carbocycles. The molecule has 0 radical (unpaired) electrons. The Bertz CT molecular complexity index is 5790. The van der Waals surface area contributed by atoms with Gasteiger partial charge in [0.2, 0.25) is 0 Å². The Balaban J connectivity index is 0.000000272. The van der Waals surface area contributed by atoms with Crippen LogP contribution in [0.2, 0.25) is 18.1 Å². The van der Waals surface area contributed by atoms with E-state index in [-0.39, 0.29) is 166 Å². The molecule has 3 amide bonds. The smallest absolute Gasteiger partial charge is 0.870 e. The Morgan fingerprint density at radius 2 is 0.761 bits per heavy atom. The molecule has 0 aliphatic carbocycles. The number of amides is 3. The van der Waals surface area contributed by atoms with Gasteiger partial charge in [0, 0.05) is 104 Å². The van der Waals surface area contributed by atoms with Gasteiger partial charge in [-0.1, -0.05) is 203 Å². The monoisotopic (exact) mass is 1870 g/mol. The molecule has 1 saturated heterocycles. The van der Waals surface area contributed by atoms with Gasteiger partial charge in [-0.3, -0.25) is 28.7 Å². The Morgan fingerprint density at radius 3 is 1.05 bits per heavy atom. The fourth-order valence-corrected chi connectivity index (χ4v) is 18.1. The van der Waals surface area contributed by atoms with E-state index < -0.39 is 63.3 Å². The molecule has 0 spiro atoms. The van der Waals surface area contributed by atoms with E-state index in [1.54, 1.807) is 48.5 Å². The molecule has 134 heavy (non-hydrogen) atoms. The van der Waals surface area contributed by atoms with Crippen LogP contribution in [0.5, 0.6) is 0 Å². The van der Waals surface area contributed by atoms with E-state index in [0.717, 1.165) is 72.7 Å². The molecule has 1 aliphatic rings. The average molecular weight is 1870 g/mol. The third-order valence-electron chi connectivity index (χ3n) is 23.5. The topological polar surface area (TPSA) is 315 Å². The van der Waals surface area contributed by atoms with Crippen molar-refractivity contribution in [2.75, 3.05) is 23.1 Å². The second-order valence-electron chi connectivity index (χ2n) is 35.2. The summed E-state index contributed by atoms with van der Waals surface area (Å²) in [7, 11) is -0.911. The normalized spacial score (nSPS) is 13.9. The van der Waals surface area contributed by atoms with E-state index in [9.17, 15) is 67.5 Å². The van der Waals surface area contributed by atoms with Crippen molar-refractivity contribution in [2.45, 2.75) is 212 Å². The van der Waals surface area contributed by atoms with Crippen molar-refractivity contribution in [3.8, 4) is 66.8 Å². The summed E-state index contributed by atoms with van der Waals surface area (Å²) < 4.78 is 65.5. The zero-order chi connectivity index (χ0) is 93.7. The number of carboxylic acid groups (broad SMARTS) is 1. The Labute approximate surface area is 827 Å². The maximum absolute atomic E-state index is 14.3. The van der Waals surface area contributed by atoms with Gasteiger partial charge >= 0.3 is 71.1 Å². The van der Waals surface area contributed by atoms with E-state index >= 15 is 0 Å². The number of carbonyl (C=O) groups is 6. The number of carbonyl (C=O) groups excluding carboxylic acids is 6. The van der Waals surface area contributed by atoms with Crippen molar-refractivity contribution in [3.05, 3.63) is 306 Å². The first-order chi connectivity index (χ1) is 62.1. The summed E-state index contributed by atoms with van der Waals surface area (Å²) >= 11 is 0. The van der Waals surface area contributed by atoms with E-state index in [2.05, 4.69) is 49.8 Å². The first kappa shape index (κ1) is 110. The Hall–Kier alpha value is -10.7. The standard InChI is InChI=1S/C40H51FN2O5Si.C33H35FN2O5.C33H33FN2O4.FH.2Na.H2O/c1-27(2)43-34(24-23-32(44)25-33(26-35(45)47-6)48-49(7,8)40(3,4)5)36(29-19-21-30(41)22-20-29)37(28-15-11-9-12-16-28)38(43)39(46)42-31-17-13-10-14-18-31;1-21(2)36-28(18-17-26(37)19-27(38)20-29(39)40)30(23-13-15-24(34)16-14-23)31(22-9-5-3-6-10-22)32(36)33(41)35-25-11-7-4-8-12-25;1-21(2)36-28(18-17-27-19-26(37)20-29(38)40-27)30(23-13-15-24(34)16-14-23)31(22-9-5-3-6-10-22)32(36)33(39)35-25-11-7-4-8-12-25;;;;/h9-22,27,32-33,44H,23-26H2,1-8H3,(H,42,46);3-16,21,26-27,37-38H,17-20H2,1-2H3,(H,35,41)(H,39,40);3-16,21,26-27,37H,17-20H2,1-2H3,(H,35,39);1H;;;1H2/q;;;;2*+1;/p-2/t32?,33-;26?,27-;26-,27?;;;;/m011..../s1. The summed E-state index contributed by atoms with van der Waals surface area (Å²) in [4.78, 5) is 77.7. The summed E-state index contributed by atoms with van der Waals surface area (Å²) in [6.45, 7) is 22.7. The molecule has 12 aromatic rings. The fourth-order valence-electron chi connectivity index (χ4n) is 16.7. The average Bonchev–Trinajstić information content (AvgIpc) is 1.60. The number of nitrogens with zero attached hydrogens (tertiary/aromatic N) is 3. The SMILES string of the molecule is CC(C)n1c(CCC(O)C[C@@H](O)CC(=O)[O-])c(-c2ccc(F)cc2)c(-c2ccccc2)c1C(=O)Nc1ccccc1.CC(C)n1c(CCC2C[C@@H](O)CC(=O)O2)c(-c2ccc(F)cc2)c(-c2ccccc2)c1C(=O)Nc1ccccc1.COC(=O)C[C@H](CC(O)CCc1c(-c2ccc(F)cc2)c(-c2ccccc2)c(C(=O)Nc2ccccc2)n1C(C)C)O[Si](C)(C)C(C)(C)C.F.[Na+].[Na+].[OH-]. The molecule has 6 atom stereocenters. The number of methoxy groups -OCH3 is 1. The number of hydrogen-bond acceptors (Lipinski definition) is 15. The molecule has 1 fully saturated rings. The number of aliphatic hydroxyl groups excluding tert-OH is 4. The zero-order valence-electron chi connectivity index (χ0n) is 78.6. The van der Waals surface area contributed by atoms with Crippen LogP contribution >= 0.6 is 0 Å². The summed E-state index contributed by atoms with van der Waals surface area (Å²) in [5.41, 5.74) is 15.2. The van der Waals surface area contributed by atoms with Crippen LogP contribution < -0.4 is 80.2 Å². The number of aliphatic hydroxyl groups is 4. The number of benzene rings is 9. The summed E-state index contributed by atoms with van der Waals surface area (Å²) in [5, 5.41) is 62.4. The minimum Gasteiger partial charge on any atom is -0.870 e. The molecular formula is C106H120F4N6Na2O15Si. The number of aliphatic carboxylic acids is 1. The van der Waals surface area contributed by atoms with Crippen molar-refractivity contribution in [1.29, 1.82) is 0 Å². The number of rotatable bonds is 34. The van der Waals surface area contributed by atoms with Crippen LogP contribution in [0.15, 0.2) is 255 Å². The number of aromatic nitrogens is 3. The number of halogens is 4. The second kappa shape index (κ2) is 51.3. The molecule has 8 N–H and O–H groups in total. The predicted octanol–water partition coefficient (Wildman–Crippen LogP) is 15.2. The van der Waals surface area contributed by atoms with Gasteiger partial charge in [0.15, 0.2) is 8.32 Å². The van der Waals surface area contributed by atoms with Crippen LogP contribution in [0.25, 0.3) is 66.8 Å². The maximum atomic E-state index is 14.3. The molecular weight excluding hydrogens is 1750 g/mol. The molecule has 13 rings (SSSR count). The first-order valence-corrected chi connectivity index (χ1v) is 47.2. The van der Waals surface area contributed by atoms with Gasteiger partial charge in [0.25, 0.3) is 17.7 Å². The van der Waals surface area contributed by atoms with Crippen LogP contribution in [0.3, 0.4) is 0 Å². The fraction of sp³-hybridized carbons (Fsp3) is 0.321. The number of hydrogen-bond donors (Lipinski definition) is 7. The molecule has 3 unspecified atom stereocenters. The summed E-state index contributed by atoms with van der Waals surface area (Å²) in [5.74, 6) is -4.12. The molecule has 1 aliphatic heterocycles. The number of carboxylic acids is 1. The summed E-state index contributed by atoms with van der Waals surface area (Å²) in [6.07, 6.45) is -2.53. The van der Waals surface area contributed by atoms with E-state index in [1.807, 2.05) is 225 Å². The third-order valence-corrected chi connectivity index (χ3v) is 28.1. The van der Waals surface area contributed by atoms with Crippen LogP contribution in [0.1, 0.15) is 187 Å². The summed E-state index contributed by atoms with van der Waals surface area (Å²) in [6, 6.07) is 75.0. The van der Waals surface area contributed by atoms with Crippen molar-refractivity contribution in [3.63, 3.8) is 0 Å². The van der Waals surface area contributed by atoms with Crippen molar-refractivity contribution in [2.24, 2.45) is 0 Å². The van der Waals surface area contributed by atoms with Crippen molar-refractivity contribution < 1.29 is 151 Å². The van der Waals surface area contributed by atoms with Crippen molar-refractivity contribution >= 4 is 61.0 Å². The molecule has 4 heterocycles. The zero-order valence-corrected chi connectivity index (χ0v) is 83.6. The Kier molecular flexibility index (Phi) is 42.3. The Morgan fingerprint density at radius 1 is 0.463 bits per heavy atom. The number of anilines is 3. The van der Waals surface area contributed by atoms with E-state index in [1.165, 1.54) is 43.5 Å². The predicted molar refractivity (Wildman–Crippen MR) is 510 cm³/mol. The minimum absolute atomic E-state index is 0. The van der Waals surface area contributed by atoms with Gasteiger partial charge in [-0.2, -0.15) is 0 Å². The first-order valence-electron chi connectivity index (χ1n) is 44.3. The minimum atomic E-state index is -2.27. The number of cyclic esters (lactones) is 1. The van der Waals surface area contributed by atoms with Gasteiger partial charge in [0.05, 0.1) is 50.5 Å². The number of para-hydroxylation sites is 3. The van der Waals surface area contributed by atoms with Crippen LogP contribution in [0.4, 0.5) is 34.9 Å². The van der Waals surface area contributed by atoms with Crippen molar-refractivity contribution in [1.82, 2.24) is 13.7 Å². The van der Waals surface area contributed by atoms with Crippen LogP contribution in [-0.2, 0) is 47.5 Å². The van der Waals surface area contributed by atoms with Gasteiger partial charge in [-0.25, -0.2) is 13.2 Å². The van der Waals surface area contributed by atoms with E-state index in [0.29, 0.717) is 83.8 Å². The molecule has 0 saturated carbocycles. The van der Waals surface area contributed by atoms with E-state index in [4.69, 9.17) is 13.9 Å². The molecule has 698 valence electrons. The van der Waals surface area contributed by atoms with Crippen LogP contribution in [0, 0.1) is 17.5 Å². The van der Waals surface area contributed by atoms with Gasteiger partial charge < -0.3 is 79.4 Å². The number of esters is 2. The molecule has 0 bridgehead atoms. The second-order valence-corrected chi connectivity index (χ2v) is 40.0. The number of nitrogens with one attached hydrogen (secondary N) is 3. The third kappa shape index (κ3) is 29.0. The van der Waals surface area contributed by atoms with Gasteiger partial charge in [0.1, 0.15) is 40.6 Å². The van der Waals surface area contributed by atoms with Crippen LogP contribution in [-0.4, -0.2) is 127 Å². The molecule has 21 nitrogen and oxygen atoms in total. The van der Waals surface area contributed by atoms with Gasteiger partial charge in [-0.05, 0) is 217 Å². The number of ether oxygens (including phenoxy) is 2. The molecule has 3 aromatic heterocycles. The van der Waals surface area contributed by atoms with Gasteiger partial charge in [-0.15, -0.1) is 0 Å². The molecule has 28 heteroatoms. The maximum Gasteiger partial charge on any atom is 1.00 e. The largest absolute Gasteiger partial charge is 1.00 e. The quantitative estimate of drug-likeness (QED) is 0.0112.